The fourth-order valence-electron chi connectivity index (χ4n) is 2.67. The van der Waals surface area contributed by atoms with Crippen molar-refractivity contribution in [3.05, 3.63) is 34.9 Å². The van der Waals surface area contributed by atoms with Crippen LogP contribution in [-0.2, 0) is 16.0 Å². The SMILES string of the molecule is CCC(C)NC(=O)CN1CCN(C(=O)Cc2ccc(Cl)cc2)CC1. The van der Waals surface area contributed by atoms with Crippen LogP contribution in [0.15, 0.2) is 24.3 Å². The highest BCUT2D eigenvalue weighted by Crippen LogP contribution is 2.11. The molecule has 0 saturated carbocycles. The number of rotatable bonds is 6. The lowest BCUT2D eigenvalue weighted by Crippen LogP contribution is -2.52. The second-order valence-electron chi connectivity index (χ2n) is 6.34. The van der Waals surface area contributed by atoms with Gasteiger partial charge in [0.15, 0.2) is 0 Å². The molecule has 132 valence electrons. The standard InChI is InChI=1S/C18H26ClN3O2/c1-3-14(2)20-17(23)13-21-8-10-22(11-9-21)18(24)12-15-4-6-16(19)7-5-15/h4-7,14H,3,8-13H2,1-2H3,(H,20,23). The van der Waals surface area contributed by atoms with Crippen molar-refractivity contribution in [3.8, 4) is 0 Å². The second-order valence-corrected chi connectivity index (χ2v) is 6.77. The van der Waals surface area contributed by atoms with Gasteiger partial charge in [0, 0.05) is 37.2 Å². The summed E-state index contributed by atoms with van der Waals surface area (Å²) in [5.41, 5.74) is 0.972. The van der Waals surface area contributed by atoms with Crippen molar-refractivity contribution >= 4 is 23.4 Å². The molecule has 1 aromatic carbocycles. The predicted octanol–water partition coefficient (Wildman–Crippen LogP) is 1.94. The first kappa shape index (κ1) is 18.7. The number of halogens is 1. The van der Waals surface area contributed by atoms with Crippen molar-refractivity contribution in [2.24, 2.45) is 0 Å². The van der Waals surface area contributed by atoms with Gasteiger partial charge in [-0.15, -0.1) is 0 Å². The molecule has 1 aliphatic rings. The lowest BCUT2D eigenvalue weighted by molar-refractivity contribution is -0.132. The first-order valence-electron chi connectivity index (χ1n) is 8.52. The number of piperazine rings is 1. The first-order valence-corrected chi connectivity index (χ1v) is 8.89. The first-order chi connectivity index (χ1) is 11.5. The van der Waals surface area contributed by atoms with Crippen LogP contribution in [0.5, 0.6) is 0 Å². The second kappa shape index (κ2) is 9.04. The normalized spacial score (nSPS) is 16.7. The molecular weight excluding hydrogens is 326 g/mol. The Kier molecular flexibility index (Phi) is 7.06. The van der Waals surface area contributed by atoms with Gasteiger partial charge in [-0.25, -0.2) is 0 Å². The van der Waals surface area contributed by atoms with Gasteiger partial charge in [0.2, 0.25) is 11.8 Å². The zero-order chi connectivity index (χ0) is 17.5. The average Bonchev–Trinajstić information content (AvgIpc) is 2.57. The molecule has 1 aromatic rings. The number of hydrogen-bond acceptors (Lipinski definition) is 3. The summed E-state index contributed by atoms with van der Waals surface area (Å²) in [4.78, 5) is 28.3. The Morgan fingerprint density at radius 3 is 2.38 bits per heavy atom. The van der Waals surface area contributed by atoms with E-state index in [1.165, 1.54) is 0 Å². The maximum Gasteiger partial charge on any atom is 0.234 e. The molecule has 0 aliphatic carbocycles. The summed E-state index contributed by atoms with van der Waals surface area (Å²) >= 11 is 5.86. The third-order valence-electron chi connectivity index (χ3n) is 4.38. The Morgan fingerprint density at radius 2 is 1.79 bits per heavy atom. The van der Waals surface area contributed by atoms with Gasteiger partial charge in [-0.3, -0.25) is 14.5 Å². The van der Waals surface area contributed by atoms with E-state index >= 15 is 0 Å². The molecule has 1 atom stereocenters. The minimum Gasteiger partial charge on any atom is -0.353 e. The summed E-state index contributed by atoms with van der Waals surface area (Å²) in [5.74, 6) is 0.186. The van der Waals surface area contributed by atoms with E-state index in [0.717, 1.165) is 25.1 Å². The van der Waals surface area contributed by atoms with Gasteiger partial charge >= 0.3 is 0 Å². The van der Waals surface area contributed by atoms with Crippen molar-refractivity contribution in [3.63, 3.8) is 0 Å². The average molecular weight is 352 g/mol. The third-order valence-corrected chi connectivity index (χ3v) is 4.63. The highest BCUT2D eigenvalue weighted by molar-refractivity contribution is 6.30. The van der Waals surface area contributed by atoms with Crippen molar-refractivity contribution in [2.75, 3.05) is 32.7 Å². The van der Waals surface area contributed by atoms with E-state index in [0.29, 0.717) is 31.1 Å². The molecular formula is C18H26ClN3O2. The van der Waals surface area contributed by atoms with E-state index in [1.807, 2.05) is 24.0 Å². The third kappa shape index (κ3) is 5.80. The van der Waals surface area contributed by atoms with Gasteiger partial charge < -0.3 is 10.2 Å². The molecule has 5 nitrogen and oxygen atoms in total. The molecule has 1 heterocycles. The Balaban J connectivity index is 1.74. The summed E-state index contributed by atoms with van der Waals surface area (Å²) in [7, 11) is 0. The van der Waals surface area contributed by atoms with Gasteiger partial charge in [-0.2, -0.15) is 0 Å². The maximum atomic E-state index is 12.4. The highest BCUT2D eigenvalue weighted by Gasteiger charge is 2.22. The van der Waals surface area contributed by atoms with Crippen LogP contribution in [0, 0.1) is 0 Å². The summed E-state index contributed by atoms with van der Waals surface area (Å²) in [6.45, 7) is 7.28. The van der Waals surface area contributed by atoms with Crippen molar-refractivity contribution in [1.82, 2.24) is 15.1 Å². The molecule has 1 unspecified atom stereocenters. The summed E-state index contributed by atoms with van der Waals surface area (Å²) in [6, 6.07) is 7.58. The Labute approximate surface area is 149 Å². The predicted molar refractivity (Wildman–Crippen MR) is 96.1 cm³/mol. The van der Waals surface area contributed by atoms with Crippen molar-refractivity contribution in [1.29, 1.82) is 0 Å². The smallest absolute Gasteiger partial charge is 0.234 e. The van der Waals surface area contributed by atoms with E-state index in [2.05, 4.69) is 17.1 Å². The molecule has 0 bridgehead atoms. The van der Waals surface area contributed by atoms with E-state index in [9.17, 15) is 9.59 Å². The van der Waals surface area contributed by atoms with Gasteiger partial charge in [0.25, 0.3) is 0 Å². The van der Waals surface area contributed by atoms with Gasteiger partial charge in [-0.1, -0.05) is 30.7 Å². The molecule has 0 radical (unpaired) electrons. The maximum absolute atomic E-state index is 12.4. The van der Waals surface area contributed by atoms with Crippen LogP contribution in [0.1, 0.15) is 25.8 Å². The van der Waals surface area contributed by atoms with Crippen LogP contribution in [-0.4, -0.2) is 60.4 Å². The van der Waals surface area contributed by atoms with Crippen LogP contribution >= 0.6 is 11.6 Å². The van der Waals surface area contributed by atoms with E-state index in [-0.39, 0.29) is 17.9 Å². The van der Waals surface area contributed by atoms with E-state index in [4.69, 9.17) is 11.6 Å². The number of benzene rings is 1. The summed E-state index contributed by atoms with van der Waals surface area (Å²) in [6.07, 6.45) is 1.32. The van der Waals surface area contributed by atoms with Crippen LogP contribution in [0.4, 0.5) is 0 Å². The monoisotopic (exact) mass is 351 g/mol. The largest absolute Gasteiger partial charge is 0.353 e. The van der Waals surface area contributed by atoms with Crippen LogP contribution in [0.3, 0.4) is 0 Å². The highest BCUT2D eigenvalue weighted by atomic mass is 35.5. The van der Waals surface area contributed by atoms with Gasteiger partial charge in [0.1, 0.15) is 0 Å². The molecule has 2 amide bonds. The minimum absolute atomic E-state index is 0.0605. The molecule has 0 spiro atoms. The van der Waals surface area contributed by atoms with Crippen LogP contribution < -0.4 is 5.32 Å². The molecule has 6 heteroatoms. The Hall–Kier alpha value is -1.59. The topological polar surface area (TPSA) is 52.7 Å². The lowest BCUT2D eigenvalue weighted by atomic mass is 10.1. The number of amides is 2. The molecule has 1 fully saturated rings. The number of nitrogens with one attached hydrogen (secondary N) is 1. The van der Waals surface area contributed by atoms with E-state index in [1.54, 1.807) is 12.1 Å². The molecule has 2 rings (SSSR count). The van der Waals surface area contributed by atoms with Crippen LogP contribution in [0.2, 0.25) is 5.02 Å². The minimum atomic E-state index is 0.0605. The molecule has 1 aliphatic heterocycles. The lowest BCUT2D eigenvalue weighted by Gasteiger charge is -2.34. The van der Waals surface area contributed by atoms with Crippen LogP contribution in [0.25, 0.3) is 0 Å². The van der Waals surface area contributed by atoms with Crippen molar-refractivity contribution < 1.29 is 9.59 Å². The Bertz CT molecular complexity index is 554. The fourth-order valence-corrected chi connectivity index (χ4v) is 2.80. The Morgan fingerprint density at radius 1 is 1.17 bits per heavy atom. The molecule has 0 aromatic heterocycles. The number of hydrogen-bond donors (Lipinski definition) is 1. The number of nitrogens with zero attached hydrogens (tertiary/aromatic N) is 2. The number of carbonyl (C=O) groups is 2. The zero-order valence-corrected chi connectivity index (χ0v) is 15.2. The van der Waals surface area contributed by atoms with E-state index < -0.39 is 0 Å². The molecule has 24 heavy (non-hydrogen) atoms. The zero-order valence-electron chi connectivity index (χ0n) is 14.4. The molecule has 1 saturated heterocycles. The van der Waals surface area contributed by atoms with Crippen molar-refractivity contribution in [2.45, 2.75) is 32.7 Å². The van der Waals surface area contributed by atoms with Gasteiger partial charge in [0.05, 0.1) is 13.0 Å². The van der Waals surface area contributed by atoms with Gasteiger partial charge in [-0.05, 0) is 31.0 Å². The summed E-state index contributed by atoms with van der Waals surface area (Å²) in [5, 5.41) is 3.65. The number of carbonyl (C=O) groups excluding carboxylic acids is 2. The fraction of sp³-hybridized carbons (Fsp3) is 0.556. The quantitative estimate of drug-likeness (QED) is 0.852. The molecule has 1 N–H and O–H groups in total. The summed E-state index contributed by atoms with van der Waals surface area (Å²) < 4.78 is 0.